The quantitative estimate of drug-likeness (QED) is 0.912. The monoisotopic (exact) mass is 324 g/mol. The molecule has 1 N–H and O–H groups in total. The lowest BCUT2D eigenvalue weighted by Crippen LogP contribution is -2.34. The molecule has 1 aromatic rings. The lowest BCUT2D eigenvalue weighted by molar-refractivity contribution is -0.178. The highest BCUT2D eigenvalue weighted by atomic mass is 35.5. The first-order chi connectivity index (χ1) is 10.6. The molecule has 3 rings (SSSR count). The van der Waals surface area contributed by atoms with Gasteiger partial charge in [0.25, 0.3) is 0 Å². The Bertz CT molecular complexity index is 501. The molecule has 1 spiro atoms. The number of hydrogen-bond donors (Lipinski definition) is 1. The summed E-state index contributed by atoms with van der Waals surface area (Å²) < 4.78 is 11.6. The summed E-state index contributed by atoms with van der Waals surface area (Å²) in [5, 5.41) is 10.0. The van der Waals surface area contributed by atoms with Gasteiger partial charge in [0.2, 0.25) is 0 Å². The molecule has 1 saturated carbocycles. The average molecular weight is 325 g/mol. The number of hydrogen-bond acceptors (Lipinski definition) is 3. The fraction of sp³-hybridized carbons (Fsp3) is 0.667. The molecule has 1 unspecified atom stereocenters. The second-order valence-electron chi connectivity index (χ2n) is 6.73. The van der Waals surface area contributed by atoms with Crippen LogP contribution in [0.3, 0.4) is 0 Å². The predicted molar refractivity (Wildman–Crippen MR) is 87.2 cm³/mol. The van der Waals surface area contributed by atoms with Gasteiger partial charge in [-0.25, -0.2) is 0 Å². The van der Waals surface area contributed by atoms with E-state index in [1.54, 1.807) is 0 Å². The third kappa shape index (κ3) is 3.48. The van der Waals surface area contributed by atoms with Crippen LogP contribution in [0.25, 0.3) is 0 Å². The minimum atomic E-state index is -0.306. The minimum absolute atomic E-state index is 0.212. The summed E-state index contributed by atoms with van der Waals surface area (Å²) in [6.07, 6.45) is 4.90. The molecule has 4 heteroatoms. The van der Waals surface area contributed by atoms with E-state index in [-0.39, 0.29) is 18.3 Å². The van der Waals surface area contributed by atoms with Crippen LogP contribution in [0, 0.1) is 5.92 Å². The molecule has 1 saturated heterocycles. The van der Waals surface area contributed by atoms with Crippen LogP contribution in [0.2, 0.25) is 5.02 Å². The molecule has 3 nitrogen and oxygen atoms in total. The highest BCUT2D eigenvalue weighted by molar-refractivity contribution is 6.31. The summed E-state index contributed by atoms with van der Waals surface area (Å²) in [5.74, 6) is 0.461. The lowest BCUT2D eigenvalue weighted by atomic mass is 9.80. The number of aliphatic hydroxyl groups excluding tert-OH is 1. The SMILES string of the molecule is CC(CO)Cc1ccc(C2CCC3(CC2)OCCO3)c(Cl)c1. The third-order valence-electron chi connectivity index (χ3n) is 4.96. The summed E-state index contributed by atoms with van der Waals surface area (Å²) >= 11 is 6.52. The number of halogens is 1. The van der Waals surface area contributed by atoms with Gasteiger partial charge in [-0.1, -0.05) is 30.7 Å². The summed E-state index contributed by atoms with van der Waals surface area (Å²) in [6.45, 7) is 3.71. The molecule has 1 aliphatic carbocycles. The maximum Gasteiger partial charge on any atom is 0.168 e. The second kappa shape index (κ2) is 6.88. The molecular formula is C18H25ClO3. The second-order valence-corrected chi connectivity index (χ2v) is 7.14. The van der Waals surface area contributed by atoms with Crippen LogP contribution in [-0.2, 0) is 15.9 Å². The topological polar surface area (TPSA) is 38.7 Å². The first-order valence-corrected chi connectivity index (χ1v) is 8.67. The van der Waals surface area contributed by atoms with Crippen LogP contribution < -0.4 is 0 Å². The van der Waals surface area contributed by atoms with Crippen molar-refractivity contribution in [2.24, 2.45) is 5.92 Å². The molecule has 2 aliphatic rings. The van der Waals surface area contributed by atoms with Crippen molar-refractivity contribution in [3.63, 3.8) is 0 Å². The Kier molecular flexibility index (Phi) is 5.08. The summed E-state index contributed by atoms with van der Waals surface area (Å²) in [4.78, 5) is 0. The third-order valence-corrected chi connectivity index (χ3v) is 5.29. The number of aliphatic hydroxyl groups is 1. The van der Waals surface area contributed by atoms with Crippen molar-refractivity contribution in [2.75, 3.05) is 19.8 Å². The Morgan fingerprint density at radius 3 is 2.55 bits per heavy atom. The normalized spacial score (nSPS) is 23.0. The van der Waals surface area contributed by atoms with Gasteiger partial charge in [0.05, 0.1) is 13.2 Å². The van der Waals surface area contributed by atoms with E-state index in [4.69, 9.17) is 26.2 Å². The fourth-order valence-electron chi connectivity index (χ4n) is 3.65. The first kappa shape index (κ1) is 16.3. The molecule has 122 valence electrons. The number of ether oxygens (including phenoxy) is 2. The standard InChI is InChI=1S/C18H25ClO3/c1-13(12-20)10-14-2-3-16(17(19)11-14)15-4-6-18(7-5-15)21-8-9-22-18/h2-3,11,13,15,20H,4-10,12H2,1H3. The van der Waals surface area contributed by atoms with E-state index in [2.05, 4.69) is 18.2 Å². The Morgan fingerprint density at radius 1 is 1.27 bits per heavy atom. The van der Waals surface area contributed by atoms with Gasteiger partial charge in [-0.2, -0.15) is 0 Å². The molecule has 1 atom stereocenters. The average Bonchev–Trinajstić information content (AvgIpc) is 2.97. The van der Waals surface area contributed by atoms with Gasteiger partial charge in [-0.15, -0.1) is 0 Å². The summed E-state index contributed by atoms with van der Waals surface area (Å²) in [7, 11) is 0. The van der Waals surface area contributed by atoms with Crippen molar-refractivity contribution in [1.29, 1.82) is 0 Å². The van der Waals surface area contributed by atoms with E-state index in [0.717, 1.165) is 50.3 Å². The molecule has 1 aliphatic heterocycles. The predicted octanol–water partition coefficient (Wildman–Crippen LogP) is 3.91. The van der Waals surface area contributed by atoms with Crippen molar-refractivity contribution in [3.05, 3.63) is 34.3 Å². The van der Waals surface area contributed by atoms with E-state index < -0.39 is 0 Å². The molecule has 22 heavy (non-hydrogen) atoms. The smallest absolute Gasteiger partial charge is 0.168 e. The van der Waals surface area contributed by atoms with Crippen molar-refractivity contribution in [2.45, 2.75) is 50.7 Å². The van der Waals surface area contributed by atoms with Crippen LogP contribution in [0.15, 0.2) is 18.2 Å². The maximum absolute atomic E-state index is 9.17. The van der Waals surface area contributed by atoms with E-state index in [1.807, 2.05) is 6.92 Å². The van der Waals surface area contributed by atoms with Gasteiger partial charge in [0.15, 0.2) is 5.79 Å². The Balaban J connectivity index is 1.65. The Hall–Kier alpha value is -0.610. The fourth-order valence-corrected chi connectivity index (χ4v) is 4.01. The molecule has 2 fully saturated rings. The van der Waals surface area contributed by atoms with Crippen LogP contribution in [-0.4, -0.2) is 30.7 Å². The van der Waals surface area contributed by atoms with Crippen LogP contribution in [0.1, 0.15) is 49.7 Å². The molecule has 0 amide bonds. The van der Waals surface area contributed by atoms with Crippen LogP contribution >= 0.6 is 11.6 Å². The van der Waals surface area contributed by atoms with E-state index in [1.165, 1.54) is 11.1 Å². The zero-order chi connectivity index (χ0) is 15.6. The van der Waals surface area contributed by atoms with Gasteiger partial charge < -0.3 is 14.6 Å². The van der Waals surface area contributed by atoms with E-state index in [9.17, 15) is 0 Å². The largest absolute Gasteiger partial charge is 0.396 e. The van der Waals surface area contributed by atoms with Gasteiger partial charge >= 0.3 is 0 Å². The van der Waals surface area contributed by atoms with Gasteiger partial charge in [-0.05, 0) is 48.3 Å². The summed E-state index contributed by atoms with van der Waals surface area (Å²) in [6, 6.07) is 6.39. The maximum atomic E-state index is 9.17. The zero-order valence-electron chi connectivity index (χ0n) is 13.2. The van der Waals surface area contributed by atoms with Gasteiger partial charge in [-0.3, -0.25) is 0 Å². The molecule has 1 aromatic carbocycles. The van der Waals surface area contributed by atoms with E-state index in [0.29, 0.717) is 5.92 Å². The van der Waals surface area contributed by atoms with Crippen molar-refractivity contribution in [1.82, 2.24) is 0 Å². The van der Waals surface area contributed by atoms with Crippen molar-refractivity contribution < 1.29 is 14.6 Å². The highest BCUT2D eigenvalue weighted by Crippen LogP contribution is 2.43. The Morgan fingerprint density at radius 2 is 1.95 bits per heavy atom. The number of rotatable bonds is 4. The number of benzene rings is 1. The summed E-state index contributed by atoms with van der Waals surface area (Å²) in [5.41, 5.74) is 2.44. The lowest BCUT2D eigenvalue weighted by Gasteiger charge is -2.35. The van der Waals surface area contributed by atoms with Crippen LogP contribution in [0.4, 0.5) is 0 Å². The highest BCUT2D eigenvalue weighted by Gasteiger charge is 2.40. The van der Waals surface area contributed by atoms with Crippen LogP contribution in [0.5, 0.6) is 0 Å². The van der Waals surface area contributed by atoms with E-state index >= 15 is 0 Å². The van der Waals surface area contributed by atoms with Crippen molar-refractivity contribution in [3.8, 4) is 0 Å². The molecule has 0 bridgehead atoms. The Labute approximate surface area is 137 Å². The zero-order valence-corrected chi connectivity index (χ0v) is 13.9. The first-order valence-electron chi connectivity index (χ1n) is 8.29. The molecule has 0 aromatic heterocycles. The molecule has 1 heterocycles. The minimum Gasteiger partial charge on any atom is -0.396 e. The van der Waals surface area contributed by atoms with Gasteiger partial charge in [0.1, 0.15) is 0 Å². The van der Waals surface area contributed by atoms with Gasteiger partial charge in [0, 0.05) is 24.5 Å². The molecule has 0 radical (unpaired) electrons. The van der Waals surface area contributed by atoms with Crippen molar-refractivity contribution >= 4 is 11.6 Å². The molecular weight excluding hydrogens is 300 g/mol.